The molecule has 6 aromatic rings. The van der Waals surface area contributed by atoms with Crippen LogP contribution in [0.15, 0.2) is 91.3 Å². The number of fused-ring (bicyclic) bond motifs is 10. The maximum atomic E-state index is 4.91. The first kappa shape index (κ1) is 23.5. The first-order valence-electron chi connectivity index (χ1n) is 14.9. The van der Waals surface area contributed by atoms with Crippen molar-refractivity contribution in [2.75, 3.05) is 4.90 Å². The van der Waals surface area contributed by atoms with E-state index >= 15 is 0 Å². The zero-order valence-corrected chi connectivity index (χ0v) is 24.1. The maximum absolute atomic E-state index is 4.91. The number of pyridine rings is 2. The Morgan fingerprint density at radius 1 is 0.683 bits per heavy atom. The smallest absolute Gasteiger partial charge is 0.0781 e. The van der Waals surface area contributed by atoms with E-state index < -0.39 is 0 Å². The minimum Gasteiger partial charge on any atom is -0.337 e. The number of hydrogen-bond acceptors (Lipinski definition) is 3. The summed E-state index contributed by atoms with van der Waals surface area (Å²) in [7, 11) is 0. The molecule has 3 aliphatic rings. The molecule has 2 unspecified atom stereocenters. The standard InChI is InChI=1S/C38H33N3/c1-37(2)28-10-5-11-29-36(28)41(32-20-26-24(18-30(32)37)14-12-22-8-6-16-39-34(22)26)33-21-27-25(19-31(33)38(29,3)4)15-13-23-9-7-17-40-35(23)27/h5-18,20,31,33H,19,21H2,1-4H3. The maximum Gasteiger partial charge on any atom is 0.0781 e. The Morgan fingerprint density at radius 2 is 1.39 bits per heavy atom. The van der Waals surface area contributed by atoms with E-state index in [-0.39, 0.29) is 10.8 Å². The molecular formula is C38H33N3. The molecule has 0 bridgehead atoms. The van der Waals surface area contributed by atoms with Crippen LogP contribution in [0.4, 0.5) is 11.4 Å². The second-order valence-electron chi connectivity index (χ2n) is 13.5. The third kappa shape index (κ3) is 2.94. The molecule has 0 fully saturated rings. The van der Waals surface area contributed by atoms with Crippen LogP contribution in [0.5, 0.6) is 0 Å². The summed E-state index contributed by atoms with van der Waals surface area (Å²) in [5.74, 6) is 0.481. The molecule has 4 aromatic carbocycles. The van der Waals surface area contributed by atoms with Crippen LogP contribution in [-0.4, -0.2) is 16.0 Å². The van der Waals surface area contributed by atoms with Crippen LogP contribution in [0.25, 0.3) is 32.6 Å². The van der Waals surface area contributed by atoms with E-state index in [9.17, 15) is 0 Å². The van der Waals surface area contributed by atoms with Crippen LogP contribution in [0.3, 0.4) is 0 Å². The zero-order valence-electron chi connectivity index (χ0n) is 24.1. The molecule has 3 heteroatoms. The van der Waals surface area contributed by atoms with Crippen molar-refractivity contribution in [2.24, 2.45) is 5.92 Å². The van der Waals surface area contributed by atoms with Gasteiger partial charge < -0.3 is 4.90 Å². The molecule has 2 aliphatic heterocycles. The predicted molar refractivity (Wildman–Crippen MR) is 169 cm³/mol. The van der Waals surface area contributed by atoms with E-state index in [0.717, 1.165) is 18.4 Å². The lowest BCUT2D eigenvalue weighted by Crippen LogP contribution is -2.56. The highest BCUT2D eigenvalue weighted by atomic mass is 15.2. The summed E-state index contributed by atoms with van der Waals surface area (Å²) < 4.78 is 0. The second kappa shape index (κ2) is 7.73. The Balaban J connectivity index is 1.37. The fourth-order valence-electron chi connectivity index (χ4n) is 8.64. The Bertz CT molecular complexity index is 2090. The van der Waals surface area contributed by atoms with E-state index in [0.29, 0.717) is 12.0 Å². The van der Waals surface area contributed by atoms with Crippen LogP contribution in [0.2, 0.25) is 0 Å². The predicted octanol–water partition coefficient (Wildman–Crippen LogP) is 8.79. The number of para-hydroxylation sites is 1. The number of rotatable bonds is 0. The summed E-state index contributed by atoms with van der Waals surface area (Å²) in [4.78, 5) is 12.5. The van der Waals surface area contributed by atoms with Crippen LogP contribution in [-0.2, 0) is 23.7 Å². The third-order valence-electron chi connectivity index (χ3n) is 10.8. The van der Waals surface area contributed by atoms with Gasteiger partial charge in [-0.2, -0.15) is 0 Å². The molecule has 0 saturated carbocycles. The first-order valence-corrected chi connectivity index (χ1v) is 14.9. The van der Waals surface area contributed by atoms with Gasteiger partial charge in [-0.25, -0.2) is 0 Å². The molecule has 0 N–H and O–H groups in total. The van der Waals surface area contributed by atoms with Crippen molar-refractivity contribution in [3.63, 3.8) is 0 Å². The normalized spacial score (nSPS) is 21.3. The highest BCUT2D eigenvalue weighted by Gasteiger charge is 2.52. The number of anilines is 2. The van der Waals surface area contributed by atoms with Gasteiger partial charge in [0.15, 0.2) is 0 Å². The lowest BCUT2D eigenvalue weighted by Gasteiger charge is -2.57. The molecule has 9 rings (SSSR count). The van der Waals surface area contributed by atoms with E-state index in [1.807, 2.05) is 18.5 Å². The Labute approximate surface area is 240 Å². The summed E-state index contributed by atoms with van der Waals surface area (Å²) >= 11 is 0. The van der Waals surface area contributed by atoms with Gasteiger partial charge in [0, 0.05) is 51.4 Å². The fraction of sp³-hybridized carbons (Fsp3) is 0.263. The molecule has 0 radical (unpaired) electrons. The monoisotopic (exact) mass is 531 g/mol. The molecule has 3 nitrogen and oxygen atoms in total. The molecule has 2 aromatic heterocycles. The van der Waals surface area contributed by atoms with Gasteiger partial charge in [-0.3, -0.25) is 9.97 Å². The summed E-state index contributed by atoms with van der Waals surface area (Å²) in [6.45, 7) is 9.80. The second-order valence-corrected chi connectivity index (χ2v) is 13.5. The van der Waals surface area contributed by atoms with E-state index in [2.05, 4.69) is 105 Å². The van der Waals surface area contributed by atoms with Gasteiger partial charge in [-0.1, -0.05) is 82.3 Å². The van der Waals surface area contributed by atoms with E-state index in [4.69, 9.17) is 9.97 Å². The van der Waals surface area contributed by atoms with Crippen molar-refractivity contribution in [3.8, 4) is 0 Å². The van der Waals surface area contributed by atoms with Crippen molar-refractivity contribution in [3.05, 3.63) is 119 Å². The van der Waals surface area contributed by atoms with Crippen molar-refractivity contribution >= 4 is 44.0 Å². The average Bonchev–Trinajstić information content (AvgIpc) is 2.99. The molecular weight excluding hydrogens is 498 g/mol. The average molecular weight is 532 g/mol. The molecule has 0 spiro atoms. The van der Waals surface area contributed by atoms with Gasteiger partial charge in [0.05, 0.1) is 11.0 Å². The Morgan fingerprint density at radius 3 is 2.22 bits per heavy atom. The van der Waals surface area contributed by atoms with Crippen LogP contribution in [0.1, 0.15) is 55.5 Å². The SMILES string of the molecule is CC1(C)c2cc3ccc4cccnc4c3cc2N2c3c1cccc3C(C)(C)C1Cc3ccc4cccnc4c3CC12. The number of nitrogens with zero attached hydrogens (tertiary/aromatic N) is 3. The van der Waals surface area contributed by atoms with Crippen LogP contribution < -0.4 is 4.90 Å². The van der Waals surface area contributed by atoms with Gasteiger partial charge in [-0.05, 0) is 81.6 Å². The molecule has 200 valence electrons. The molecule has 0 saturated heterocycles. The Kier molecular flexibility index (Phi) is 4.42. The molecule has 4 heterocycles. The summed E-state index contributed by atoms with van der Waals surface area (Å²) in [5.41, 5.74) is 12.2. The highest BCUT2D eigenvalue weighted by molar-refractivity contribution is 6.07. The molecule has 0 amide bonds. The van der Waals surface area contributed by atoms with Gasteiger partial charge in [0.1, 0.15) is 0 Å². The Hall–Kier alpha value is -4.24. The lowest BCUT2D eigenvalue weighted by atomic mass is 9.58. The van der Waals surface area contributed by atoms with Crippen molar-refractivity contribution < 1.29 is 0 Å². The minimum absolute atomic E-state index is 0.0436. The van der Waals surface area contributed by atoms with E-state index in [1.54, 1.807) is 0 Å². The quantitative estimate of drug-likeness (QED) is 0.183. The molecule has 1 aliphatic carbocycles. The number of hydrogen-bond donors (Lipinski definition) is 0. The third-order valence-corrected chi connectivity index (χ3v) is 10.8. The summed E-state index contributed by atoms with van der Waals surface area (Å²) in [5, 5.41) is 4.94. The fourth-order valence-corrected chi connectivity index (χ4v) is 8.64. The zero-order chi connectivity index (χ0) is 27.7. The van der Waals surface area contributed by atoms with Gasteiger partial charge in [-0.15, -0.1) is 0 Å². The molecule has 2 atom stereocenters. The number of benzene rings is 4. The largest absolute Gasteiger partial charge is 0.337 e. The van der Waals surface area contributed by atoms with Gasteiger partial charge in [0.25, 0.3) is 0 Å². The van der Waals surface area contributed by atoms with Crippen molar-refractivity contribution in [1.82, 2.24) is 9.97 Å². The topological polar surface area (TPSA) is 29.0 Å². The minimum atomic E-state index is -0.117. The first-order chi connectivity index (χ1) is 19.8. The van der Waals surface area contributed by atoms with Gasteiger partial charge >= 0.3 is 0 Å². The number of aromatic nitrogens is 2. The highest BCUT2D eigenvalue weighted by Crippen LogP contribution is 2.60. The van der Waals surface area contributed by atoms with Crippen LogP contribution >= 0.6 is 0 Å². The lowest BCUT2D eigenvalue weighted by molar-refractivity contribution is 0.233. The van der Waals surface area contributed by atoms with Crippen LogP contribution in [0, 0.1) is 5.92 Å². The van der Waals surface area contributed by atoms with E-state index in [1.165, 1.54) is 66.3 Å². The summed E-state index contributed by atoms with van der Waals surface area (Å²) in [6.07, 6.45) is 5.94. The van der Waals surface area contributed by atoms with Crippen molar-refractivity contribution in [2.45, 2.75) is 57.4 Å². The molecule has 41 heavy (non-hydrogen) atoms. The summed E-state index contributed by atoms with van der Waals surface area (Å²) in [6, 6.07) is 29.9. The van der Waals surface area contributed by atoms with Gasteiger partial charge in [0.2, 0.25) is 0 Å². The van der Waals surface area contributed by atoms with Crippen molar-refractivity contribution in [1.29, 1.82) is 0 Å².